The summed E-state index contributed by atoms with van der Waals surface area (Å²) in [5.41, 5.74) is -0.202. The van der Waals surface area contributed by atoms with E-state index in [4.69, 9.17) is 23.2 Å². The van der Waals surface area contributed by atoms with Gasteiger partial charge in [0.15, 0.2) is 0 Å². The van der Waals surface area contributed by atoms with Gasteiger partial charge in [0.05, 0.1) is 22.2 Å². The minimum Gasteiger partial charge on any atom is -0.396 e. The normalized spacial score (nSPS) is 17.2. The molecule has 1 aliphatic rings. The molecule has 20 heavy (non-hydrogen) atoms. The van der Waals surface area contributed by atoms with Crippen molar-refractivity contribution in [1.82, 2.24) is 5.32 Å². The Kier molecular flexibility index (Phi) is 4.89. The number of carbonyl (C=O) groups excluding carboxylic acids is 1. The summed E-state index contributed by atoms with van der Waals surface area (Å²) in [4.78, 5) is 12.1. The number of hydrogen-bond donors (Lipinski definition) is 2. The lowest BCUT2D eigenvalue weighted by atomic mass is 9.87. The number of aliphatic hydroxyl groups excluding tert-OH is 1. The molecule has 0 aliphatic heterocycles. The van der Waals surface area contributed by atoms with Gasteiger partial charge in [-0.25, -0.2) is 4.39 Å². The van der Waals surface area contributed by atoms with Gasteiger partial charge < -0.3 is 10.4 Å². The zero-order chi connectivity index (χ0) is 14.8. The minimum atomic E-state index is -0.682. The quantitative estimate of drug-likeness (QED) is 0.835. The van der Waals surface area contributed by atoms with Crippen molar-refractivity contribution < 1.29 is 14.3 Å². The predicted octanol–water partition coefficient (Wildman–Crippen LogP) is 3.42. The largest absolute Gasteiger partial charge is 0.396 e. The van der Waals surface area contributed by atoms with E-state index >= 15 is 0 Å². The molecule has 0 bridgehead atoms. The highest BCUT2D eigenvalue weighted by Gasteiger charge is 2.33. The van der Waals surface area contributed by atoms with Gasteiger partial charge in [0.2, 0.25) is 0 Å². The Morgan fingerprint density at radius 3 is 2.55 bits per heavy atom. The number of halogens is 3. The Bertz CT molecular complexity index is 516. The van der Waals surface area contributed by atoms with Crippen LogP contribution in [0.25, 0.3) is 0 Å². The molecule has 0 aromatic heterocycles. The number of amides is 1. The summed E-state index contributed by atoms with van der Waals surface area (Å²) in [5.74, 6) is -1.13. The molecule has 110 valence electrons. The van der Waals surface area contributed by atoms with E-state index in [0.29, 0.717) is 6.54 Å². The highest BCUT2D eigenvalue weighted by atomic mass is 35.5. The summed E-state index contributed by atoms with van der Waals surface area (Å²) in [6.45, 7) is 0.402. The van der Waals surface area contributed by atoms with Gasteiger partial charge in [-0.2, -0.15) is 0 Å². The first-order valence-corrected chi connectivity index (χ1v) is 7.27. The van der Waals surface area contributed by atoms with E-state index in [1.54, 1.807) is 0 Å². The molecule has 0 unspecified atom stereocenters. The van der Waals surface area contributed by atoms with Crippen molar-refractivity contribution in [1.29, 1.82) is 0 Å². The maximum Gasteiger partial charge on any atom is 0.252 e. The van der Waals surface area contributed by atoms with Crippen molar-refractivity contribution in [3.8, 4) is 0 Å². The summed E-state index contributed by atoms with van der Waals surface area (Å²) in [6, 6.07) is 2.24. The molecular weight excluding hydrogens is 304 g/mol. The second-order valence-electron chi connectivity index (χ2n) is 5.29. The van der Waals surface area contributed by atoms with E-state index in [1.165, 1.54) is 6.07 Å². The molecule has 1 amide bonds. The maximum atomic E-state index is 13.4. The van der Waals surface area contributed by atoms with E-state index < -0.39 is 11.7 Å². The zero-order valence-electron chi connectivity index (χ0n) is 10.9. The van der Waals surface area contributed by atoms with Crippen molar-refractivity contribution in [2.45, 2.75) is 25.7 Å². The van der Waals surface area contributed by atoms with Crippen LogP contribution in [-0.4, -0.2) is 24.2 Å². The van der Waals surface area contributed by atoms with Crippen LogP contribution >= 0.6 is 23.2 Å². The molecule has 1 aliphatic carbocycles. The van der Waals surface area contributed by atoms with Crippen LogP contribution in [0.4, 0.5) is 4.39 Å². The smallest absolute Gasteiger partial charge is 0.252 e. The molecule has 2 N–H and O–H groups in total. The van der Waals surface area contributed by atoms with Gasteiger partial charge in [-0.1, -0.05) is 36.0 Å². The van der Waals surface area contributed by atoms with Crippen molar-refractivity contribution in [3.05, 3.63) is 33.6 Å². The van der Waals surface area contributed by atoms with Crippen LogP contribution in [0.3, 0.4) is 0 Å². The molecule has 3 nitrogen and oxygen atoms in total. The molecular formula is C14H16Cl2FNO2. The van der Waals surface area contributed by atoms with Gasteiger partial charge in [-0.3, -0.25) is 4.79 Å². The van der Waals surface area contributed by atoms with Crippen LogP contribution in [0, 0.1) is 11.2 Å². The molecule has 0 atom stereocenters. The van der Waals surface area contributed by atoms with Crippen LogP contribution < -0.4 is 5.32 Å². The summed E-state index contributed by atoms with van der Waals surface area (Å²) < 4.78 is 13.4. The molecule has 1 aromatic carbocycles. The first kappa shape index (κ1) is 15.5. The van der Waals surface area contributed by atoms with Gasteiger partial charge in [-0.05, 0) is 25.0 Å². The van der Waals surface area contributed by atoms with Crippen LogP contribution in [0.2, 0.25) is 10.0 Å². The monoisotopic (exact) mass is 319 g/mol. The van der Waals surface area contributed by atoms with Crippen molar-refractivity contribution in [3.63, 3.8) is 0 Å². The average Bonchev–Trinajstić information content (AvgIpc) is 2.90. The Balaban J connectivity index is 2.07. The Hall–Kier alpha value is -0.840. The van der Waals surface area contributed by atoms with Crippen molar-refractivity contribution >= 4 is 29.1 Å². The summed E-state index contributed by atoms with van der Waals surface area (Å²) in [7, 11) is 0. The lowest BCUT2D eigenvalue weighted by Crippen LogP contribution is -2.38. The van der Waals surface area contributed by atoms with Crippen LogP contribution in [-0.2, 0) is 0 Å². The first-order valence-electron chi connectivity index (χ1n) is 6.51. The fourth-order valence-corrected chi connectivity index (χ4v) is 3.04. The van der Waals surface area contributed by atoms with Gasteiger partial charge in [0.1, 0.15) is 5.82 Å². The second-order valence-corrected chi connectivity index (χ2v) is 6.11. The zero-order valence-corrected chi connectivity index (χ0v) is 12.4. The standard InChI is InChI=1S/C14H16Cl2FNO2/c15-10-6-11(16)12(17)5-9(10)13(20)18-7-14(8-19)3-1-2-4-14/h5-6,19H,1-4,7-8H2,(H,18,20). The van der Waals surface area contributed by atoms with E-state index in [-0.39, 0.29) is 27.6 Å². The van der Waals surface area contributed by atoms with Gasteiger partial charge in [0.25, 0.3) is 5.91 Å². The number of benzene rings is 1. The molecule has 1 fully saturated rings. The topological polar surface area (TPSA) is 49.3 Å². The van der Waals surface area contributed by atoms with Gasteiger partial charge in [-0.15, -0.1) is 0 Å². The molecule has 0 heterocycles. The SMILES string of the molecule is O=C(NCC1(CO)CCCC1)c1cc(F)c(Cl)cc1Cl. The Morgan fingerprint density at radius 2 is 1.95 bits per heavy atom. The lowest BCUT2D eigenvalue weighted by Gasteiger charge is -2.26. The molecule has 0 saturated heterocycles. The fourth-order valence-electron chi connectivity index (χ4n) is 2.58. The summed E-state index contributed by atoms with van der Waals surface area (Å²) in [5, 5.41) is 12.2. The number of carbonyl (C=O) groups is 1. The van der Waals surface area contributed by atoms with Crippen molar-refractivity contribution in [2.24, 2.45) is 5.41 Å². The molecule has 6 heteroatoms. The number of nitrogens with one attached hydrogen (secondary N) is 1. The minimum absolute atomic E-state index is 0.0377. The first-order chi connectivity index (χ1) is 9.47. The lowest BCUT2D eigenvalue weighted by molar-refractivity contribution is 0.0880. The second kappa shape index (κ2) is 6.29. The molecule has 1 aromatic rings. The van der Waals surface area contributed by atoms with Crippen LogP contribution in [0.15, 0.2) is 12.1 Å². The number of aliphatic hydroxyl groups is 1. The predicted molar refractivity (Wildman–Crippen MR) is 76.7 cm³/mol. The van der Waals surface area contributed by atoms with E-state index in [1.807, 2.05) is 0 Å². The molecule has 0 spiro atoms. The Labute approximate surface area is 127 Å². The maximum absolute atomic E-state index is 13.4. The fraction of sp³-hybridized carbons (Fsp3) is 0.500. The summed E-state index contributed by atoms with van der Waals surface area (Å²) >= 11 is 11.5. The third-order valence-corrected chi connectivity index (χ3v) is 4.48. The van der Waals surface area contributed by atoms with Crippen LogP contribution in [0.5, 0.6) is 0 Å². The van der Waals surface area contributed by atoms with E-state index in [9.17, 15) is 14.3 Å². The van der Waals surface area contributed by atoms with Gasteiger partial charge in [0, 0.05) is 12.0 Å². The number of hydrogen-bond acceptors (Lipinski definition) is 2. The average molecular weight is 320 g/mol. The van der Waals surface area contributed by atoms with Crippen LogP contribution in [0.1, 0.15) is 36.0 Å². The molecule has 2 rings (SSSR count). The van der Waals surface area contributed by atoms with E-state index in [2.05, 4.69) is 5.32 Å². The van der Waals surface area contributed by atoms with Gasteiger partial charge >= 0.3 is 0 Å². The number of rotatable bonds is 4. The third-order valence-electron chi connectivity index (χ3n) is 3.88. The third kappa shape index (κ3) is 3.25. The molecule has 0 radical (unpaired) electrons. The Morgan fingerprint density at radius 1 is 1.30 bits per heavy atom. The van der Waals surface area contributed by atoms with Crippen molar-refractivity contribution in [2.75, 3.05) is 13.2 Å². The highest BCUT2D eigenvalue weighted by molar-refractivity contribution is 6.36. The summed E-state index contributed by atoms with van der Waals surface area (Å²) in [6.07, 6.45) is 3.86. The molecule has 1 saturated carbocycles. The highest BCUT2D eigenvalue weighted by Crippen LogP contribution is 2.37. The van der Waals surface area contributed by atoms with E-state index in [0.717, 1.165) is 31.7 Å².